The van der Waals surface area contributed by atoms with E-state index in [1.165, 1.54) is 5.56 Å². The first-order valence-corrected chi connectivity index (χ1v) is 11.2. The quantitative estimate of drug-likeness (QED) is 0.594. The largest absolute Gasteiger partial charge is 0.493 e. The molecule has 3 rings (SSSR count). The molecule has 1 saturated heterocycles. The molecule has 0 aliphatic carbocycles. The molecule has 1 aliphatic rings. The summed E-state index contributed by atoms with van der Waals surface area (Å²) in [6.45, 7) is 9.00. The summed E-state index contributed by atoms with van der Waals surface area (Å²) in [5, 5.41) is 0. The first kappa shape index (κ1) is 23.1. The Morgan fingerprint density at radius 3 is 2.32 bits per heavy atom. The van der Waals surface area contributed by atoms with Gasteiger partial charge in [0.05, 0.1) is 14.2 Å². The molecule has 0 aromatic heterocycles. The third kappa shape index (κ3) is 5.79. The number of carbonyl (C=O) groups excluding carboxylic acids is 1. The van der Waals surface area contributed by atoms with Crippen LogP contribution in [0.3, 0.4) is 0 Å². The molecule has 31 heavy (non-hydrogen) atoms. The summed E-state index contributed by atoms with van der Waals surface area (Å²) >= 11 is 0. The summed E-state index contributed by atoms with van der Waals surface area (Å²) in [6, 6.07) is 14.6. The predicted octanol–water partition coefficient (Wildman–Crippen LogP) is 5.06. The number of aryl methyl sites for hydroxylation is 1. The van der Waals surface area contributed by atoms with Crippen LogP contribution >= 0.6 is 0 Å². The van der Waals surface area contributed by atoms with Crippen molar-refractivity contribution in [1.82, 2.24) is 4.90 Å². The van der Waals surface area contributed by atoms with E-state index in [0.29, 0.717) is 12.3 Å². The standard InChI is InChI=1S/C26H36N2O3/c1-19(2)17-25(29)28(22-11-9-20(3)10-12-22)23-13-15-27(16-14-23)18-21-7-6-8-24(30-4)26(21)31-5/h6-12,19,23H,13-18H2,1-5H3. The number of benzene rings is 2. The second-order valence-electron chi connectivity index (χ2n) is 8.86. The van der Waals surface area contributed by atoms with Crippen molar-refractivity contribution in [3.63, 3.8) is 0 Å². The van der Waals surface area contributed by atoms with E-state index in [9.17, 15) is 4.79 Å². The summed E-state index contributed by atoms with van der Waals surface area (Å²) in [5.74, 6) is 2.15. The van der Waals surface area contributed by atoms with E-state index in [-0.39, 0.29) is 11.9 Å². The van der Waals surface area contributed by atoms with Crippen molar-refractivity contribution >= 4 is 11.6 Å². The lowest BCUT2D eigenvalue weighted by molar-refractivity contribution is -0.120. The smallest absolute Gasteiger partial charge is 0.227 e. The summed E-state index contributed by atoms with van der Waals surface area (Å²) in [6.07, 6.45) is 2.50. The molecule has 0 bridgehead atoms. The Bertz CT molecular complexity index is 855. The van der Waals surface area contributed by atoms with Gasteiger partial charge in [-0.05, 0) is 43.9 Å². The zero-order chi connectivity index (χ0) is 22.4. The molecular weight excluding hydrogens is 388 g/mol. The summed E-state index contributed by atoms with van der Waals surface area (Å²) in [5.41, 5.74) is 3.36. The fourth-order valence-corrected chi connectivity index (χ4v) is 4.37. The predicted molar refractivity (Wildman–Crippen MR) is 126 cm³/mol. The monoisotopic (exact) mass is 424 g/mol. The van der Waals surface area contributed by atoms with Crippen LogP contribution in [0.15, 0.2) is 42.5 Å². The van der Waals surface area contributed by atoms with Gasteiger partial charge in [0, 0.05) is 43.3 Å². The SMILES string of the molecule is COc1cccc(CN2CCC(N(C(=O)CC(C)C)c3ccc(C)cc3)CC2)c1OC. The van der Waals surface area contributed by atoms with Gasteiger partial charge in [-0.3, -0.25) is 9.69 Å². The van der Waals surface area contributed by atoms with Crippen LogP contribution in [0, 0.1) is 12.8 Å². The maximum Gasteiger partial charge on any atom is 0.227 e. The fraction of sp³-hybridized carbons (Fsp3) is 0.500. The number of carbonyl (C=O) groups is 1. The highest BCUT2D eigenvalue weighted by Gasteiger charge is 2.29. The number of para-hydroxylation sites is 1. The van der Waals surface area contributed by atoms with Crippen molar-refractivity contribution in [1.29, 1.82) is 0 Å². The van der Waals surface area contributed by atoms with Gasteiger partial charge in [-0.25, -0.2) is 0 Å². The lowest BCUT2D eigenvalue weighted by atomic mass is 9.99. The zero-order valence-corrected chi connectivity index (χ0v) is 19.6. The van der Waals surface area contributed by atoms with E-state index in [1.807, 2.05) is 12.1 Å². The number of piperidine rings is 1. The molecule has 5 nitrogen and oxygen atoms in total. The highest BCUT2D eigenvalue weighted by Crippen LogP contribution is 2.33. The van der Waals surface area contributed by atoms with Crippen molar-refractivity contribution in [2.24, 2.45) is 5.92 Å². The number of anilines is 1. The van der Waals surface area contributed by atoms with E-state index in [0.717, 1.165) is 55.2 Å². The topological polar surface area (TPSA) is 42.0 Å². The first-order chi connectivity index (χ1) is 14.9. The molecule has 2 aromatic carbocycles. The molecule has 0 radical (unpaired) electrons. The Morgan fingerprint density at radius 2 is 1.74 bits per heavy atom. The third-order valence-electron chi connectivity index (χ3n) is 5.96. The second kappa shape index (κ2) is 10.7. The Hall–Kier alpha value is -2.53. The van der Waals surface area contributed by atoms with Crippen molar-refractivity contribution in [3.05, 3.63) is 53.6 Å². The van der Waals surface area contributed by atoms with E-state index >= 15 is 0 Å². The minimum absolute atomic E-state index is 0.228. The fourth-order valence-electron chi connectivity index (χ4n) is 4.37. The Kier molecular flexibility index (Phi) is 7.97. The van der Waals surface area contributed by atoms with E-state index in [4.69, 9.17) is 9.47 Å². The summed E-state index contributed by atoms with van der Waals surface area (Å²) in [7, 11) is 3.36. The number of hydrogen-bond donors (Lipinski definition) is 0. The number of rotatable bonds is 8. The average molecular weight is 425 g/mol. The molecule has 1 heterocycles. The third-order valence-corrected chi connectivity index (χ3v) is 5.96. The normalized spacial score (nSPS) is 15.2. The Labute approximate surface area is 187 Å². The number of hydrogen-bond acceptors (Lipinski definition) is 4. The van der Waals surface area contributed by atoms with Gasteiger partial charge in [0.25, 0.3) is 0 Å². The van der Waals surface area contributed by atoms with E-state index in [1.54, 1.807) is 14.2 Å². The molecular formula is C26H36N2O3. The van der Waals surface area contributed by atoms with E-state index < -0.39 is 0 Å². The molecule has 2 aromatic rings. The lowest BCUT2D eigenvalue weighted by Crippen LogP contribution is -2.47. The van der Waals surface area contributed by atoms with Crippen LogP contribution in [-0.2, 0) is 11.3 Å². The van der Waals surface area contributed by atoms with Crippen molar-refractivity contribution < 1.29 is 14.3 Å². The molecule has 1 aliphatic heterocycles. The molecule has 1 fully saturated rings. The van der Waals surface area contributed by atoms with Crippen LogP contribution in [0.5, 0.6) is 11.5 Å². The average Bonchev–Trinajstić information content (AvgIpc) is 2.75. The molecule has 0 N–H and O–H groups in total. The number of amides is 1. The van der Waals surface area contributed by atoms with Crippen LogP contribution in [0.25, 0.3) is 0 Å². The van der Waals surface area contributed by atoms with Crippen LogP contribution in [-0.4, -0.2) is 44.2 Å². The maximum absolute atomic E-state index is 13.1. The zero-order valence-electron chi connectivity index (χ0n) is 19.6. The molecule has 0 unspecified atom stereocenters. The van der Waals surface area contributed by atoms with Crippen molar-refractivity contribution in [2.75, 3.05) is 32.2 Å². The molecule has 0 spiro atoms. The Balaban J connectivity index is 1.71. The van der Waals surface area contributed by atoms with Crippen LogP contribution in [0.4, 0.5) is 5.69 Å². The van der Waals surface area contributed by atoms with Crippen LogP contribution in [0.2, 0.25) is 0 Å². The number of methoxy groups -OCH3 is 2. The van der Waals surface area contributed by atoms with Crippen LogP contribution in [0.1, 0.15) is 44.2 Å². The van der Waals surface area contributed by atoms with Gasteiger partial charge >= 0.3 is 0 Å². The van der Waals surface area contributed by atoms with E-state index in [2.05, 4.69) is 60.9 Å². The second-order valence-corrected chi connectivity index (χ2v) is 8.86. The van der Waals surface area contributed by atoms with Gasteiger partial charge < -0.3 is 14.4 Å². The van der Waals surface area contributed by atoms with Gasteiger partial charge in [0.1, 0.15) is 0 Å². The van der Waals surface area contributed by atoms with Gasteiger partial charge in [0.2, 0.25) is 5.91 Å². The number of nitrogens with zero attached hydrogens (tertiary/aromatic N) is 2. The molecule has 1 amide bonds. The highest BCUT2D eigenvalue weighted by atomic mass is 16.5. The van der Waals surface area contributed by atoms with Gasteiger partial charge in [-0.1, -0.05) is 43.7 Å². The summed E-state index contributed by atoms with van der Waals surface area (Å²) < 4.78 is 11.0. The lowest BCUT2D eigenvalue weighted by Gasteiger charge is -2.39. The summed E-state index contributed by atoms with van der Waals surface area (Å²) in [4.78, 5) is 17.6. The minimum atomic E-state index is 0.228. The minimum Gasteiger partial charge on any atom is -0.493 e. The molecule has 0 atom stereocenters. The van der Waals surface area contributed by atoms with Gasteiger partial charge in [-0.15, -0.1) is 0 Å². The first-order valence-electron chi connectivity index (χ1n) is 11.2. The molecule has 5 heteroatoms. The Morgan fingerprint density at radius 1 is 1.06 bits per heavy atom. The van der Waals surface area contributed by atoms with Gasteiger partial charge in [-0.2, -0.15) is 0 Å². The van der Waals surface area contributed by atoms with Gasteiger partial charge in [0.15, 0.2) is 11.5 Å². The molecule has 0 saturated carbocycles. The maximum atomic E-state index is 13.1. The van der Waals surface area contributed by atoms with Crippen molar-refractivity contribution in [2.45, 2.75) is 52.6 Å². The number of ether oxygens (including phenoxy) is 2. The highest BCUT2D eigenvalue weighted by molar-refractivity contribution is 5.94. The number of likely N-dealkylation sites (tertiary alicyclic amines) is 1. The van der Waals surface area contributed by atoms with Crippen LogP contribution < -0.4 is 14.4 Å². The van der Waals surface area contributed by atoms with Crippen molar-refractivity contribution in [3.8, 4) is 11.5 Å². The molecule has 168 valence electrons.